The highest BCUT2D eigenvalue weighted by atomic mass is 19.4. The van der Waals surface area contributed by atoms with Gasteiger partial charge in [0.25, 0.3) is 5.91 Å². The average molecular weight is 470 g/mol. The maximum absolute atomic E-state index is 13.3. The molecular weight excluding hydrogens is 445 g/mol. The average Bonchev–Trinajstić information content (AvgIpc) is 2.86. The molecule has 0 radical (unpaired) electrons. The lowest BCUT2D eigenvalue weighted by Gasteiger charge is -2.32. The third-order valence-corrected chi connectivity index (χ3v) is 6.13. The summed E-state index contributed by atoms with van der Waals surface area (Å²) in [4.78, 5) is 27.8. The highest BCUT2D eigenvalue weighted by Crippen LogP contribution is 2.31. The van der Waals surface area contributed by atoms with Gasteiger partial charge >= 0.3 is 6.18 Å². The summed E-state index contributed by atoms with van der Waals surface area (Å²) in [5.41, 5.74) is 0.165. The summed E-state index contributed by atoms with van der Waals surface area (Å²) < 4.78 is 44.2. The number of alkyl halides is 3. The number of fused-ring (bicyclic) bond motifs is 1. The lowest BCUT2D eigenvalue weighted by Crippen LogP contribution is -2.45. The number of hydrogen-bond acceptors (Lipinski definition) is 3. The number of benzene rings is 3. The standard InChI is InChI=1S/C26H25F3N2O3/c1-34-23-12-11-22(20-9-2-3-10-21(20)23)25(33)31-13-5-7-18(16-31)24(32)30-15-17-6-4-8-19(14-17)26(27,28)29/h2-4,6,8-12,14,18H,5,7,13,15-16H2,1H3,(H,30,32)/t18-/m0/s1. The number of nitrogens with one attached hydrogen (secondary N) is 1. The molecule has 0 aliphatic carbocycles. The number of carbonyl (C=O) groups is 2. The Bertz CT molecular complexity index is 1210. The molecule has 1 fully saturated rings. The van der Waals surface area contributed by atoms with Gasteiger partial charge in [0.05, 0.1) is 18.6 Å². The van der Waals surface area contributed by atoms with Gasteiger partial charge in [-0.2, -0.15) is 13.2 Å². The number of hydrogen-bond donors (Lipinski definition) is 1. The number of likely N-dealkylation sites (tertiary alicyclic amines) is 1. The normalized spacial score (nSPS) is 16.4. The molecule has 0 spiro atoms. The van der Waals surface area contributed by atoms with E-state index in [4.69, 9.17) is 4.74 Å². The molecule has 1 aliphatic rings. The van der Waals surface area contributed by atoms with Gasteiger partial charge in [-0.05, 0) is 48.1 Å². The monoisotopic (exact) mass is 470 g/mol. The Hall–Kier alpha value is -3.55. The van der Waals surface area contributed by atoms with Crippen molar-refractivity contribution in [3.05, 3.63) is 77.4 Å². The van der Waals surface area contributed by atoms with Gasteiger partial charge in [-0.25, -0.2) is 0 Å². The first-order chi connectivity index (χ1) is 16.3. The number of rotatable bonds is 5. The number of methoxy groups -OCH3 is 1. The van der Waals surface area contributed by atoms with E-state index in [0.29, 0.717) is 36.3 Å². The van der Waals surface area contributed by atoms with Gasteiger partial charge < -0.3 is 15.0 Å². The van der Waals surface area contributed by atoms with Crippen LogP contribution in [-0.2, 0) is 17.5 Å². The molecule has 178 valence electrons. The molecule has 3 aromatic rings. The minimum absolute atomic E-state index is 0.00365. The van der Waals surface area contributed by atoms with Crippen LogP contribution >= 0.6 is 0 Å². The maximum atomic E-state index is 13.3. The van der Waals surface area contributed by atoms with Crippen LogP contribution in [0.4, 0.5) is 13.2 Å². The molecule has 1 aliphatic heterocycles. The van der Waals surface area contributed by atoms with Crippen molar-refractivity contribution in [1.29, 1.82) is 0 Å². The molecule has 1 atom stereocenters. The molecule has 0 bridgehead atoms. The lowest BCUT2D eigenvalue weighted by molar-refractivity contribution is -0.137. The highest BCUT2D eigenvalue weighted by Gasteiger charge is 2.31. The van der Waals surface area contributed by atoms with E-state index >= 15 is 0 Å². The summed E-state index contributed by atoms with van der Waals surface area (Å²) in [6, 6.07) is 15.9. The fourth-order valence-electron chi connectivity index (χ4n) is 4.37. The summed E-state index contributed by atoms with van der Waals surface area (Å²) in [6.07, 6.45) is -3.15. The van der Waals surface area contributed by atoms with Gasteiger partial charge in [0, 0.05) is 30.6 Å². The number of halogens is 3. The zero-order chi connectivity index (χ0) is 24.3. The van der Waals surface area contributed by atoms with Crippen molar-refractivity contribution in [3.63, 3.8) is 0 Å². The van der Waals surface area contributed by atoms with Crippen molar-refractivity contribution in [3.8, 4) is 5.75 Å². The zero-order valence-corrected chi connectivity index (χ0v) is 18.7. The molecule has 0 aromatic heterocycles. The van der Waals surface area contributed by atoms with E-state index in [1.807, 2.05) is 24.3 Å². The van der Waals surface area contributed by atoms with Gasteiger partial charge in [-0.1, -0.05) is 36.4 Å². The van der Waals surface area contributed by atoms with Gasteiger partial charge in [-0.15, -0.1) is 0 Å². The molecule has 4 rings (SSSR count). The lowest BCUT2D eigenvalue weighted by atomic mass is 9.95. The molecular formula is C26H25F3N2O3. The first-order valence-corrected chi connectivity index (χ1v) is 11.1. The predicted octanol–water partition coefficient (Wildman–Crippen LogP) is 5.04. The molecule has 5 nitrogen and oxygen atoms in total. The Morgan fingerprint density at radius 2 is 1.82 bits per heavy atom. The minimum atomic E-state index is -4.43. The smallest absolute Gasteiger partial charge is 0.416 e. The second kappa shape index (κ2) is 9.75. The van der Waals surface area contributed by atoms with Gasteiger partial charge in [0.2, 0.25) is 5.91 Å². The van der Waals surface area contributed by atoms with Crippen molar-refractivity contribution < 1.29 is 27.5 Å². The van der Waals surface area contributed by atoms with Crippen LogP contribution in [-0.4, -0.2) is 36.9 Å². The van der Waals surface area contributed by atoms with Crippen molar-refractivity contribution in [2.75, 3.05) is 20.2 Å². The Labute approximate surface area is 195 Å². The van der Waals surface area contributed by atoms with E-state index < -0.39 is 17.7 Å². The number of nitrogens with zero attached hydrogens (tertiary/aromatic N) is 1. The molecule has 1 heterocycles. The van der Waals surface area contributed by atoms with Gasteiger partial charge in [0.15, 0.2) is 0 Å². The summed E-state index contributed by atoms with van der Waals surface area (Å²) >= 11 is 0. The van der Waals surface area contributed by atoms with E-state index in [1.165, 1.54) is 6.07 Å². The largest absolute Gasteiger partial charge is 0.496 e. The van der Waals surface area contributed by atoms with E-state index in [0.717, 1.165) is 22.9 Å². The fourth-order valence-corrected chi connectivity index (χ4v) is 4.37. The summed E-state index contributed by atoms with van der Waals surface area (Å²) in [5, 5.41) is 4.35. The van der Waals surface area contributed by atoms with Crippen molar-refractivity contribution in [1.82, 2.24) is 10.2 Å². The van der Waals surface area contributed by atoms with E-state index in [2.05, 4.69) is 5.32 Å². The number of ether oxygens (including phenoxy) is 1. The van der Waals surface area contributed by atoms with Gasteiger partial charge in [-0.3, -0.25) is 9.59 Å². The number of carbonyl (C=O) groups excluding carboxylic acids is 2. The Kier molecular flexibility index (Phi) is 6.77. The van der Waals surface area contributed by atoms with Crippen molar-refractivity contribution in [2.24, 2.45) is 5.92 Å². The molecule has 2 amide bonds. The first kappa shape index (κ1) is 23.6. The second-order valence-corrected chi connectivity index (χ2v) is 8.37. The number of amides is 2. The molecule has 0 saturated carbocycles. The van der Waals surface area contributed by atoms with Gasteiger partial charge in [0.1, 0.15) is 5.75 Å². The molecule has 34 heavy (non-hydrogen) atoms. The highest BCUT2D eigenvalue weighted by molar-refractivity contribution is 6.08. The first-order valence-electron chi connectivity index (χ1n) is 11.1. The fraction of sp³-hybridized carbons (Fsp3) is 0.308. The summed E-state index contributed by atoms with van der Waals surface area (Å²) in [6.45, 7) is 0.792. The van der Waals surface area contributed by atoms with E-state index in [-0.39, 0.29) is 24.9 Å². The number of piperidine rings is 1. The Morgan fingerprint density at radius 1 is 1.06 bits per heavy atom. The van der Waals surface area contributed by atoms with Crippen LogP contribution < -0.4 is 10.1 Å². The zero-order valence-electron chi connectivity index (χ0n) is 18.7. The van der Waals surface area contributed by atoms with E-state index in [9.17, 15) is 22.8 Å². The quantitative estimate of drug-likeness (QED) is 0.569. The minimum Gasteiger partial charge on any atom is -0.496 e. The predicted molar refractivity (Wildman–Crippen MR) is 122 cm³/mol. The van der Waals surface area contributed by atoms with Crippen LogP contribution in [0.1, 0.15) is 34.3 Å². The SMILES string of the molecule is COc1ccc(C(=O)N2CCC[C@H](C(=O)NCc3cccc(C(F)(F)F)c3)C2)c2ccccc12. The Morgan fingerprint density at radius 3 is 2.56 bits per heavy atom. The third kappa shape index (κ3) is 5.00. The molecule has 3 aromatic carbocycles. The van der Waals surface area contributed by atoms with E-state index in [1.54, 1.807) is 30.2 Å². The van der Waals surface area contributed by atoms with Crippen molar-refractivity contribution in [2.45, 2.75) is 25.6 Å². The van der Waals surface area contributed by atoms with Crippen LogP contribution in [0.25, 0.3) is 10.8 Å². The second-order valence-electron chi connectivity index (χ2n) is 8.37. The Balaban J connectivity index is 1.44. The molecule has 8 heteroatoms. The molecule has 0 unspecified atom stereocenters. The summed E-state index contributed by atoms with van der Waals surface area (Å²) in [5.74, 6) is -0.172. The van der Waals surface area contributed by atoms with Crippen LogP contribution in [0.2, 0.25) is 0 Å². The van der Waals surface area contributed by atoms with Crippen LogP contribution in [0.5, 0.6) is 5.75 Å². The summed E-state index contributed by atoms with van der Waals surface area (Å²) in [7, 11) is 1.58. The van der Waals surface area contributed by atoms with Crippen LogP contribution in [0.3, 0.4) is 0 Å². The van der Waals surface area contributed by atoms with Crippen molar-refractivity contribution >= 4 is 22.6 Å². The molecule has 1 saturated heterocycles. The van der Waals surface area contributed by atoms with Crippen LogP contribution in [0, 0.1) is 5.92 Å². The maximum Gasteiger partial charge on any atom is 0.416 e. The topological polar surface area (TPSA) is 58.6 Å². The van der Waals surface area contributed by atoms with Crippen LogP contribution in [0.15, 0.2) is 60.7 Å². The third-order valence-electron chi connectivity index (χ3n) is 6.13. The molecule has 1 N–H and O–H groups in total.